The maximum Gasteiger partial charge on any atom is 0.106 e. The summed E-state index contributed by atoms with van der Waals surface area (Å²) >= 11 is 6.92. The molecular weight excluding hydrogens is 372 g/mol. The van der Waals surface area contributed by atoms with E-state index in [1.54, 1.807) is 7.11 Å². The van der Waals surface area contributed by atoms with Gasteiger partial charge in [-0.2, -0.15) is 0 Å². The van der Waals surface area contributed by atoms with Gasteiger partial charge in [-0.15, -0.1) is 0 Å². The van der Waals surface area contributed by atoms with Gasteiger partial charge < -0.3 is 10.1 Å². The van der Waals surface area contributed by atoms with Gasteiger partial charge in [0.05, 0.1) is 18.8 Å². The first-order valence-electron chi connectivity index (χ1n) is 5.82. The van der Waals surface area contributed by atoms with E-state index in [2.05, 4.69) is 42.2 Å². The fourth-order valence-electron chi connectivity index (χ4n) is 1.75. The minimum atomic E-state index is 0.565. The Balaban J connectivity index is 2.13. The molecular formula is C14H14Br2N2O. The molecule has 2 rings (SSSR count). The second kappa shape index (κ2) is 7.03. The molecule has 100 valence electrons. The third-order valence-corrected chi connectivity index (χ3v) is 3.82. The van der Waals surface area contributed by atoms with E-state index in [1.165, 1.54) is 0 Å². The van der Waals surface area contributed by atoms with Crippen LogP contribution in [0.4, 0.5) is 5.69 Å². The van der Waals surface area contributed by atoms with Crippen LogP contribution in [0.5, 0.6) is 0 Å². The Morgan fingerprint density at radius 2 is 1.95 bits per heavy atom. The van der Waals surface area contributed by atoms with E-state index in [-0.39, 0.29) is 0 Å². The van der Waals surface area contributed by atoms with Gasteiger partial charge >= 0.3 is 0 Å². The van der Waals surface area contributed by atoms with Crippen molar-refractivity contribution in [2.24, 2.45) is 0 Å². The molecule has 1 heterocycles. The van der Waals surface area contributed by atoms with Crippen molar-refractivity contribution in [2.75, 3.05) is 12.4 Å². The molecule has 0 saturated carbocycles. The predicted octanol–water partition coefficient (Wildman–Crippen LogP) is 4.37. The fraction of sp³-hybridized carbons (Fsp3) is 0.214. The molecule has 0 spiro atoms. The molecule has 0 aliphatic rings. The number of anilines is 1. The van der Waals surface area contributed by atoms with Gasteiger partial charge in [0.15, 0.2) is 0 Å². The van der Waals surface area contributed by atoms with Crippen molar-refractivity contribution in [3.8, 4) is 0 Å². The second-order valence-electron chi connectivity index (χ2n) is 4.00. The average Bonchev–Trinajstić information content (AvgIpc) is 2.40. The summed E-state index contributed by atoms with van der Waals surface area (Å²) in [6.45, 7) is 1.24. The van der Waals surface area contributed by atoms with Crippen molar-refractivity contribution >= 4 is 37.5 Å². The Kier molecular flexibility index (Phi) is 5.36. The van der Waals surface area contributed by atoms with E-state index in [0.717, 1.165) is 26.0 Å². The summed E-state index contributed by atoms with van der Waals surface area (Å²) in [7, 11) is 1.69. The lowest BCUT2D eigenvalue weighted by molar-refractivity contribution is 0.185. The Morgan fingerprint density at radius 3 is 2.68 bits per heavy atom. The predicted molar refractivity (Wildman–Crippen MR) is 84.1 cm³/mol. The first-order valence-corrected chi connectivity index (χ1v) is 7.41. The van der Waals surface area contributed by atoms with Crippen LogP contribution < -0.4 is 5.32 Å². The van der Waals surface area contributed by atoms with Crippen LogP contribution in [-0.2, 0) is 17.9 Å². The summed E-state index contributed by atoms with van der Waals surface area (Å²) in [4.78, 5) is 4.40. The molecule has 0 aliphatic heterocycles. The number of hydrogen-bond donors (Lipinski definition) is 1. The van der Waals surface area contributed by atoms with Gasteiger partial charge in [-0.1, -0.05) is 28.1 Å². The molecule has 0 aliphatic carbocycles. The molecule has 19 heavy (non-hydrogen) atoms. The summed E-state index contributed by atoms with van der Waals surface area (Å²) in [5.74, 6) is 0. The molecule has 5 heteroatoms. The van der Waals surface area contributed by atoms with Crippen LogP contribution in [0.2, 0.25) is 0 Å². The Bertz CT molecular complexity index is 561. The van der Waals surface area contributed by atoms with Crippen molar-refractivity contribution in [1.82, 2.24) is 4.98 Å². The Hall–Kier alpha value is -0.910. The zero-order valence-corrected chi connectivity index (χ0v) is 13.7. The molecule has 0 fully saturated rings. The molecule has 2 aromatic rings. The second-order valence-corrected chi connectivity index (χ2v) is 5.67. The molecule has 0 saturated heterocycles. The lowest BCUT2D eigenvalue weighted by atomic mass is 10.2. The number of nitrogens with zero attached hydrogens (tertiary/aromatic N) is 1. The van der Waals surface area contributed by atoms with Crippen molar-refractivity contribution < 1.29 is 4.74 Å². The van der Waals surface area contributed by atoms with E-state index < -0.39 is 0 Å². The number of aromatic nitrogens is 1. The SMILES string of the molecule is COCc1c(Br)cccc1NCc1cccc(Br)n1. The van der Waals surface area contributed by atoms with Gasteiger partial charge in [-0.25, -0.2) is 4.98 Å². The lowest BCUT2D eigenvalue weighted by Crippen LogP contribution is -2.05. The number of benzene rings is 1. The first-order chi connectivity index (χ1) is 9.20. The number of rotatable bonds is 5. The highest BCUT2D eigenvalue weighted by atomic mass is 79.9. The van der Waals surface area contributed by atoms with E-state index in [0.29, 0.717) is 13.2 Å². The van der Waals surface area contributed by atoms with E-state index in [9.17, 15) is 0 Å². The summed E-state index contributed by atoms with van der Waals surface area (Å²) in [6, 6.07) is 11.9. The van der Waals surface area contributed by atoms with Crippen LogP contribution in [0, 0.1) is 0 Å². The van der Waals surface area contributed by atoms with Crippen molar-refractivity contribution in [1.29, 1.82) is 0 Å². The summed E-state index contributed by atoms with van der Waals surface area (Å²) in [5.41, 5.74) is 3.15. The van der Waals surface area contributed by atoms with Gasteiger partial charge in [0.25, 0.3) is 0 Å². The quantitative estimate of drug-likeness (QED) is 0.776. The van der Waals surface area contributed by atoms with Gasteiger partial charge in [0, 0.05) is 22.8 Å². The van der Waals surface area contributed by atoms with Crippen LogP contribution in [0.25, 0.3) is 0 Å². The summed E-state index contributed by atoms with van der Waals surface area (Å²) in [5, 5.41) is 3.39. The minimum Gasteiger partial charge on any atom is -0.380 e. The van der Waals surface area contributed by atoms with E-state index in [4.69, 9.17) is 4.74 Å². The largest absolute Gasteiger partial charge is 0.380 e. The smallest absolute Gasteiger partial charge is 0.106 e. The van der Waals surface area contributed by atoms with Crippen LogP contribution in [0.15, 0.2) is 45.5 Å². The van der Waals surface area contributed by atoms with Crippen LogP contribution in [0.1, 0.15) is 11.3 Å². The summed E-state index contributed by atoms with van der Waals surface area (Å²) in [6.07, 6.45) is 0. The van der Waals surface area contributed by atoms with Crippen LogP contribution >= 0.6 is 31.9 Å². The number of halogens is 2. The fourth-order valence-corrected chi connectivity index (χ4v) is 2.61. The van der Waals surface area contributed by atoms with Crippen molar-refractivity contribution in [3.05, 3.63) is 56.7 Å². The third kappa shape index (κ3) is 4.03. The van der Waals surface area contributed by atoms with Crippen LogP contribution in [-0.4, -0.2) is 12.1 Å². The highest BCUT2D eigenvalue weighted by Gasteiger charge is 2.06. The number of pyridine rings is 1. The standard InChI is InChI=1S/C14H14Br2N2O/c1-19-9-11-12(15)5-3-6-13(11)17-8-10-4-2-7-14(16)18-10/h2-7,17H,8-9H2,1H3. The lowest BCUT2D eigenvalue weighted by Gasteiger charge is -2.13. The first kappa shape index (κ1) is 14.5. The molecule has 1 aromatic carbocycles. The summed E-state index contributed by atoms with van der Waals surface area (Å²) < 4.78 is 7.12. The normalized spacial score (nSPS) is 10.5. The van der Waals surface area contributed by atoms with Crippen LogP contribution in [0.3, 0.4) is 0 Å². The number of nitrogens with one attached hydrogen (secondary N) is 1. The van der Waals surface area contributed by atoms with Gasteiger partial charge in [-0.3, -0.25) is 0 Å². The third-order valence-electron chi connectivity index (χ3n) is 2.64. The maximum atomic E-state index is 5.23. The van der Waals surface area contributed by atoms with E-state index in [1.807, 2.05) is 36.4 Å². The highest BCUT2D eigenvalue weighted by Crippen LogP contribution is 2.26. The monoisotopic (exact) mass is 384 g/mol. The molecule has 0 atom stereocenters. The average molecular weight is 386 g/mol. The number of hydrogen-bond acceptors (Lipinski definition) is 3. The molecule has 1 N–H and O–H groups in total. The zero-order chi connectivity index (χ0) is 13.7. The van der Waals surface area contributed by atoms with Crippen molar-refractivity contribution in [3.63, 3.8) is 0 Å². The van der Waals surface area contributed by atoms with Gasteiger partial charge in [0.2, 0.25) is 0 Å². The van der Waals surface area contributed by atoms with Gasteiger partial charge in [-0.05, 0) is 40.2 Å². The van der Waals surface area contributed by atoms with Gasteiger partial charge in [0.1, 0.15) is 4.60 Å². The molecule has 0 amide bonds. The Labute approximate surface area is 129 Å². The maximum absolute atomic E-state index is 5.23. The molecule has 0 unspecified atom stereocenters. The topological polar surface area (TPSA) is 34.1 Å². The van der Waals surface area contributed by atoms with Crippen molar-refractivity contribution in [2.45, 2.75) is 13.2 Å². The highest BCUT2D eigenvalue weighted by molar-refractivity contribution is 9.10. The zero-order valence-electron chi connectivity index (χ0n) is 10.5. The minimum absolute atomic E-state index is 0.565. The molecule has 3 nitrogen and oxygen atoms in total. The number of ether oxygens (including phenoxy) is 1. The molecule has 1 aromatic heterocycles. The number of methoxy groups -OCH3 is 1. The molecule has 0 radical (unpaired) electrons. The van der Waals surface area contributed by atoms with E-state index >= 15 is 0 Å². The Morgan fingerprint density at radius 1 is 1.16 bits per heavy atom. The molecule has 0 bridgehead atoms.